The van der Waals surface area contributed by atoms with Crippen LogP contribution in [0.2, 0.25) is 0 Å². The molecule has 2 aromatic rings. The molecule has 1 unspecified atom stereocenters. The summed E-state index contributed by atoms with van der Waals surface area (Å²) in [5, 5.41) is 2.85. The SMILES string of the molecule is CC[NH+](CCN1C(=O)c2ccccc2C1=O)CC(=O)Nc1ccc(OC)cc1. The molecule has 7 heteroatoms. The maximum Gasteiger partial charge on any atom is 0.279 e. The average molecular weight is 382 g/mol. The van der Waals surface area contributed by atoms with Crippen molar-refractivity contribution in [1.82, 2.24) is 4.90 Å². The van der Waals surface area contributed by atoms with Crippen LogP contribution in [0.5, 0.6) is 5.75 Å². The third kappa shape index (κ3) is 4.20. The molecule has 0 saturated carbocycles. The third-order valence-corrected chi connectivity index (χ3v) is 4.85. The van der Waals surface area contributed by atoms with Gasteiger partial charge in [0, 0.05) is 5.69 Å². The highest BCUT2D eigenvalue weighted by Gasteiger charge is 2.35. The van der Waals surface area contributed by atoms with Gasteiger partial charge in [-0.05, 0) is 43.3 Å². The summed E-state index contributed by atoms with van der Waals surface area (Å²) in [6.07, 6.45) is 0. The number of nitrogens with one attached hydrogen (secondary N) is 2. The van der Waals surface area contributed by atoms with Gasteiger partial charge in [0.1, 0.15) is 5.75 Å². The van der Waals surface area contributed by atoms with E-state index < -0.39 is 0 Å². The Hall–Kier alpha value is -3.19. The fourth-order valence-electron chi connectivity index (χ4n) is 3.21. The second kappa shape index (κ2) is 8.67. The first kappa shape index (κ1) is 19.6. The van der Waals surface area contributed by atoms with Gasteiger partial charge in [-0.15, -0.1) is 0 Å². The molecule has 0 saturated heterocycles. The molecule has 1 heterocycles. The number of imide groups is 1. The topological polar surface area (TPSA) is 80.2 Å². The van der Waals surface area contributed by atoms with Crippen molar-refractivity contribution in [3.05, 3.63) is 59.7 Å². The molecule has 1 atom stereocenters. The predicted molar refractivity (Wildman–Crippen MR) is 105 cm³/mol. The van der Waals surface area contributed by atoms with Gasteiger partial charge in [-0.1, -0.05) is 12.1 Å². The number of hydrogen-bond donors (Lipinski definition) is 2. The Morgan fingerprint density at radius 1 is 1.04 bits per heavy atom. The van der Waals surface area contributed by atoms with Crippen LogP contribution >= 0.6 is 0 Å². The number of methoxy groups -OCH3 is 1. The molecular formula is C21H24N3O4+. The van der Waals surface area contributed by atoms with E-state index in [1.165, 1.54) is 4.90 Å². The highest BCUT2D eigenvalue weighted by atomic mass is 16.5. The average Bonchev–Trinajstić information content (AvgIpc) is 2.96. The van der Waals surface area contributed by atoms with Crippen molar-refractivity contribution in [3.63, 3.8) is 0 Å². The van der Waals surface area contributed by atoms with Crippen molar-refractivity contribution < 1.29 is 24.0 Å². The van der Waals surface area contributed by atoms with Crippen molar-refractivity contribution in [2.24, 2.45) is 0 Å². The summed E-state index contributed by atoms with van der Waals surface area (Å²) in [4.78, 5) is 39.4. The maximum atomic E-state index is 12.4. The number of fused-ring (bicyclic) bond motifs is 1. The lowest BCUT2D eigenvalue weighted by molar-refractivity contribution is -0.889. The summed E-state index contributed by atoms with van der Waals surface area (Å²) in [5.74, 6) is 0.0709. The van der Waals surface area contributed by atoms with Crippen LogP contribution in [0.3, 0.4) is 0 Å². The highest BCUT2D eigenvalue weighted by Crippen LogP contribution is 2.21. The lowest BCUT2D eigenvalue weighted by Crippen LogP contribution is -3.13. The quantitative estimate of drug-likeness (QED) is 0.663. The van der Waals surface area contributed by atoms with E-state index in [9.17, 15) is 14.4 Å². The Labute approximate surface area is 163 Å². The number of quaternary nitrogens is 1. The first-order chi connectivity index (χ1) is 13.5. The number of anilines is 1. The van der Waals surface area contributed by atoms with Crippen LogP contribution in [0.25, 0.3) is 0 Å². The summed E-state index contributed by atoms with van der Waals surface area (Å²) in [7, 11) is 1.59. The number of carbonyl (C=O) groups is 3. The van der Waals surface area contributed by atoms with E-state index in [1.807, 2.05) is 6.92 Å². The van der Waals surface area contributed by atoms with Crippen LogP contribution in [-0.2, 0) is 4.79 Å². The minimum Gasteiger partial charge on any atom is -0.497 e. The van der Waals surface area contributed by atoms with Gasteiger partial charge in [0.05, 0.1) is 37.9 Å². The Bertz CT molecular complexity index is 844. The standard InChI is InChI=1S/C21H23N3O4/c1-3-23(14-19(25)22-15-8-10-16(28-2)11-9-15)12-13-24-20(26)17-6-4-5-7-18(17)21(24)27/h4-11H,3,12-14H2,1-2H3,(H,22,25)/p+1. The third-order valence-electron chi connectivity index (χ3n) is 4.85. The lowest BCUT2D eigenvalue weighted by Gasteiger charge is -2.20. The molecule has 28 heavy (non-hydrogen) atoms. The second-order valence-electron chi connectivity index (χ2n) is 6.61. The first-order valence-electron chi connectivity index (χ1n) is 9.26. The van der Waals surface area contributed by atoms with E-state index >= 15 is 0 Å². The Morgan fingerprint density at radius 3 is 2.18 bits per heavy atom. The van der Waals surface area contributed by atoms with Gasteiger partial charge in [0.2, 0.25) is 0 Å². The summed E-state index contributed by atoms with van der Waals surface area (Å²) >= 11 is 0. The molecule has 3 amide bonds. The molecule has 0 spiro atoms. The minimum atomic E-state index is -0.265. The van der Waals surface area contributed by atoms with E-state index in [-0.39, 0.29) is 30.8 Å². The predicted octanol–water partition coefficient (Wildman–Crippen LogP) is 0.835. The van der Waals surface area contributed by atoms with Gasteiger partial charge in [0.25, 0.3) is 17.7 Å². The molecule has 0 aromatic heterocycles. The number of likely N-dealkylation sites (N-methyl/N-ethyl adjacent to an activating group) is 1. The van der Waals surface area contributed by atoms with E-state index in [4.69, 9.17) is 4.74 Å². The number of benzene rings is 2. The number of amides is 3. The zero-order valence-electron chi connectivity index (χ0n) is 16.0. The summed E-state index contributed by atoms with van der Waals surface area (Å²) in [6, 6.07) is 14.0. The molecule has 2 aromatic carbocycles. The van der Waals surface area contributed by atoms with Gasteiger partial charge in [-0.25, -0.2) is 0 Å². The normalized spacial score (nSPS) is 14.0. The van der Waals surface area contributed by atoms with E-state index in [0.717, 1.165) is 10.6 Å². The lowest BCUT2D eigenvalue weighted by atomic mass is 10.1. The van der Waals surface area contributed by atoms with Gasteiger partial charge >= 0.3 is 0 Å². The number of hydrogen-bond acceptors (Lipinski definition) is 4. The largest absolute Gasteiger partial charge is 0.497 e. The number of nitrogens with zero attached hydrogens (tertiary/aromatic N) is 1. The van der Waals surface area contributed by atoms with E-state index in [2.05, 4.69) is 5.32 Å². The molecule has 146 valence electrons. The minimum absolute atomic E-state index is 0.121. The molecule has 1 aliphatic heterocycles. The smallest absolute Gasteiger partial charge is 0.279 e. The summed E-state index contributed by atoms with van der Waals surface area (Å²) < 4.78 is 5.10. The number of ether oxygens (including phenoxy) is 1. The molecule has 0 radical (unpaired) electrons. The summed E-state index contributed by atoms with van der Waals surface area (Å²) in [6.45, 7) is 3.73. The van der Waals surface area contributed by atoms with Crippen LogP contribution in [0.1, 0.15) is 27.6 Å². The van der Waals surface area contributed by atoms with Crippen LogP contribution in [0.15, 0.2) is 48.5 Å². The molecule has 3 rings (SSSR count). The fourth-order valence-corrected chi connectivity index (χ4v) is 3.21. The molecule has 7 nitrogen and oxygen atoms in total. The van der Waals surface area contributed by atoms with Crippen molar-refractivity contribution in [3.8, 4) is 5.75 Å². The molecule has 0 aliphatic carbocycles. The molecule has 0 bridgehead atoms. The van der Waals surface area contributed by atoms with Crippen LogP contribution in [-0.4, -0.2) is 55.9 Å². The molecule has 1 aliphatic rings. The van der Waals surface area contributed by atoms with Crippen molar-refractivity contribution >= 4 is 23.4 Å². The molecule has 0 fully saturated rings. The zero-order chi connectivity index (χ0) is 20.1. The van der Waals surface area contributed by atoms with Crippen LogP contribution in [0, 0.1) is 0 Å². The fraction of sp³-hybridized carbons (Fsp3) is 0.286. The van der Waals surface area contributed by atoms with Crippen LogP contribution < -0.4 is 15.0 Å². The van der Waals surface area contributed by atoms with Crippen molar-refractivity contribution in [2.45, 2.75) is 6.92 Å². The Morgan fingerprint density at radius 2 is 1.64 bits per heavy atom. The molecular weight excluding hydrogens is 358 g/mol. The van der Waals surface area contributed by atoms with Gasteiger partial charge < -0.3 is 15.0 Å². The van der Waals surface area contributed by atoms with Gasteiger partial charge in [0.15, 0.2) is 6.54 Å². The number of rotatable bonds is 8. The zero-order valence-corrected chi connectivity index (χ0v) is 16.0. The monoisotopic (exact) mass is 382 g/mol. The number of carbonyl (C=O) groups excluding carboxylic acids is 3. The van der Waals surface area contributed by atoms with Crippen molar-refractivity contribution in [1.29, 1.82) is 0 Å². The maximum absolute atomic E-state index is 12.4. The van der Waals surface area contributed by atoms with Gasteiger partial charge in [-0.2, -0.15) is 0 Å². The highest BCUT2D eigenvalue weighted by molar-refractivity contribution is 6.21. The molecule has 2 N–H and O–H groups in total. The van der Waals surface area contributed by atoms with Gasteiger partial charge in [-0.3, -0.25) is 19.3 Å². The van der Waals surface area contributed by atoms with E-state index in [0.29, 0.717) is 29.9 Å². The van der Waals surface area contributed by atoms with Crippen LogP contribution in [0.4, 0.5) is 5.69 Å². The Kier molecular flexibility index (Phi) is 6.06. The summed E-state index contributed by atoms with van der Waals surface area (Å²) in [5.41, 5.74) is 1.59. The second-order valence-corrected chi connectivity index (χ2v) is 6.61. The first-order valence-corrected chi connectivity index (χ1v) is 9.26. The van der Waals surface area contributed by atoms with E-state index in [1.54, 1.807) is 55.6 Å². The van der Waals surface area contributed by atoms with Crippen molar-refractivity contribution in [2.75, 3.05) is 38.6 Å². The Balaban J connectivity index is 1.54.